The van der Waals surface area contributed by atoms with E-state index in [2.05, 4.69) is 25.3 Å². The molecule has 2 rings (SSSR count). The Hall–Kier alpha value is -3.08. The van der Waals surface area contributed by atoms with Gasteiger partial charge in [-0.25, -0.2) is 9.78 Å². The third-order valence-electron chi connectivity index (χ3n) is 3.29. The van der Waals surface area contributed by atoms with Gasteiger partial charge < -0.3 is 25.2 Å². The Bertz CT molecular complexity index is 815. The van der Waals surface area contributed by atoms with Crippen molar-refractivity contribution in [3.63, 3.8) is 0 Å². The van der Waals surface area contributed by atoms with Gasteiger partial charge in [0.2, 0.25) is 5.95 Å². The lowest BCUT2D eigenvalue weighted by Crippen LogP contribution is -2.15. The van der Waals surface area contributed by atoms with Gasteiger partial charge in [-0.2, -0.15) is 18.2 Å². The van der Waals surface area contributed by atoms with Crippen LogP contribution >= 0.6 is 0 Å². The lowest BCUT2D eigenvalue weighted by atomic mass is 10.2. The van der Waals surface area contributed by atoms with Crippen LogP contribution in [0, 0.1) is 0 Å². The average molecular weight is 386 g/mol. The normalized spacial score (nSPS) is 11.0. The second-order valence-corrected chi connectivity index (χ2v) is 5.14. The average Bonchev–Trinajstić information content (AvgIpc) is 2.64. The highest BCUT2D eigenvalue weighted by atomic mass is 19.4. The van der Waals surface area contributed by atoms with Gasteiger partial charge in [0.15, 0.2) is 5.69 Å². The Balaban J connectivity index is 2.44. The molecule has 27 heavy (non-hydrogen) atoms. The molecule has 0 aliphatic carbocycles. The Labute approximate surface area is 152 Å². The number of esters is 1. The maximum Gasteiger partial charge on any atom is 0.433 e. The first-order valence-corrected chi connectivity index (χ1v) is 7.63. The SMILES string of the molecule is COC(=O)c1ccc(OC)c(Nc2cc(C(F)(F)F)nc(NCCO)n2)c1. The van der Waals surface area contributed by atoms with Crippen molar-refractivity contribution in [2.24, 2.45) is 0 Å². The second kappa shape index (κ2) is 8.54. The summed E-state index contributed by atoms with van der Waals surface area (Å²) in [6, 6.07) is 4.99. The molecule has 0 bridgehead atoms. The maximum atomic E-state index is 13.1. The van der Waals surface area contributed by atoms with Crippen molar-refractivity contribution in [3.8, 4) is 5.75 Å². The molecule has 1 heterocycles. The molecule has 0 spiro atoms. The van der Waals surface area contributed by atoms with E-state index in [9.17, 15) is 18.0 Å². The van der Waals surface area contributed by atoms with Crippen LogP contribution in [0.3, 0.4) is 0 Å². The number of aliphatic hydroxyl groups excluding tert-OH is 1. The van der Waals surface area contributed by atoms with Crippen molar-refractivity contribution in [1.82, 2.24) is 9.97 Å². The first-order valence-electron chi connectivity index (χ1n) is 7.63. The second-order valence-electron chi connectivity index (χ2n) is 5.14. The topological polar surface area (TPSA) is 106 Å². The van der Waals surface area contributed by atoms with E-state index < -0.39 is 17.8 Å². The third-order valence-corrected chi connectivity index (χ3v) is 3.29. The van der Waals surface area contributed by atoms with Crippen LogP contribution in [0.2, 0.25) is 0 Å². The van der Waals surface area contributed by atoms with Crippen LogP contribution in [0.5, 0.6) is 5.75 Å². The van der Waals surface area contributed by atoms with Gasteiger partial charge in [-0.15, -0.1) is 0 Å². The monoisotopic (exact) mass is 386 g/mol. The zero-order valence-electron chi connectivity index (χ0n) is 14.4. The molecule has 0 aliphatic rings. The Morgan fingerprint density at radius 1 is 1.22 bits per heavy atom. The number of carbonyl (C=O) groups excluding carboxylic acids is 1. The van der Waals surface area contributed by atoms with E-state index in [1.165, 1.54) is 32.4 Å². The number of alkyl halides is 3. The van der Waals surface area contributed by atoms with Crippen LogP contribution in [0.15, 0.2) is 24.3 Å². The molecular formula is C16H17F3N4O4. The number of hydrogen-bond donors (Lipinski definition) is 3. The molecular weight excluding hydrogens is 369 g/mol. The molecule has 11 heteroatoms. The van der Waals surface area contributed by atoms with Gasteiger partial charge in [-0.05, 0) is 18.2 Å². The van der Waals surface area contributed by atoms with Gasteiger partial charge in [0.1, 0.15) is 11.6 Å². The van der Waals surface area contributed by atoms with Gasteiger partial charge in [0.05, 0.1) is 32.1 Å². The Kier molecular flexibility index (Phi) is 6.40. The molecule has 8 nitrogen and oxygen atoms in total. The molecule has 1 aromatic carbocycles. The number of aliphatic hydroxyl groups is 1. The Morgan fingerprint density at radius 2 is 1.96 bits per heavy atom. The molecule has 0 fully saturated rings. The number of benzene rings is 1. The number of nitrogens with zero attached hydrogens (tertiary/aromatic N) is 2. The van der Waals surface area contributed by atoms with Gasteiger partial charge >= 0.3 is 12.1 Å². The first-order chi connectivity index (χ1) is 12.8. The quantitative estimate of drug-likeness (QED) is 0.623. The summed E-state index contributed by atoms with van der Waals surface area (Å²) in [5.41, 5.74) is -0.798. The van der Waals surface area contributed by atoms with Crippen molar-refractivity contribution >= 4 is 23.4 Å². The molecule has 0 amide bonds. The number of anilines is 3. The lowest BCUT2D eigenvalue weighted by molar-refractivity contribution is -0.141. The molecule has 3 N–H and O–H groups in total. The highest BCUT2D eigenvalue weighted by Gasteiger charge is 2.33. The van der Waals surface area contributed by atoms with Gasteiger partial charge in [-0.1, -0.05) is 0 Å². The molecule has 1 aromatic heterocycles. The number of halogens is 3. The first kappa shape index (κ1) is 20.2. The maximum absolute atomic E-state index is 13.1. The van der Waals surface area contributed by atoms with Crippen LogP contribution in [-0.2, 0) is 10.9 Å². The van der Waals surface area contributed by atoms with E-state index in [-0.39, 0.29) is 41.9 Å². The van der Waals surface area contributed by atoms with Crippen LogP contribution in [0.4, 0.5) is 30.6 Å². The fraction of sp³-hybridized carbons (Fsp3) is 0.312. The number of nitrogens with one attached hydrogen (secondary N) is 2. The minimum absolute atomic E-state index is 0.0259. The number of rotatable bonds is 7. The van der Waals surface area contributed by atoms with Crippen molar-refractivity contribution in [2.75, 3.05) is 38.0 Å². The van der Waals surface area contributed by atoms with Crippen LogP contribution in [0.1, 0.15) is 16.1 Å². The van der Waals surface area contributed by atoms with E-state index in [1.807, 2.05) is 0 Å². The molecule has 0 saturated carbocycles. The highest BCUT2D eigenvalue weighted by Crippen LogP contribution is 2.32. The summed E-state index contributed by atoms with van der Waals surface area (Å²) >= 11 is 0. The molecule has 146 valence electrons. The number of hydrogen-bond acceptors (Lipinski definition) is 8. The zero-order chi connectivity index (χ0) is 20.0. The van der Waals surface area contributed by atoms with Crippen molar-refractivity contribution < 1.29 is 32.5 Å². The Morgan fingerprint density at radius 3 is 2.56 bits per heavy atom. The van der Waals surface area contributed by atoms with Gasteiger partial charge in [0, 0.05) is 12.6 Å². The zero-order valence-corrected chi connectivity index (χ0v) is 14.4. The van der Waals surface area contributed by atoms with Crippen LogP contribution in [0.25, 0.3) is 0 Å². The van der Waals surface area contributed by atoms with E-state index in [1.54, 1.807) is 0 Å². The molecule has 0 unspecified atom stereocenters. The molecule has 0 radical (unpaired) electrons. The summed E-state index contributed by atoms with van der Waals surface area (Å²) in [5.74, 6) is -0.841. The fourth-order valence-corrected chi connectivity index (χ4v) is 2.09. The smallest absolute Gasteiger partial charge is 0.433 e. The molecule has 0 saturated heterocycles. The third kappa shape index (κ3) is 5.20. The largest absolute Gasteiger partial charge is 0.495 e. The minimum atomic E-state index is -4.70. The van der Waals surface area contributed by atoms with Gasteiger partial charge in [0.25, 0.3) is 0 Å². The van der Waals surface area contributed by atoms with Gasteiger partial charge in [-0.3, -0.25) is 0 Å². The van der Waals surface area contributed by atoms with Crippen molar-refractivity contribution in [3.05, 3.63) is 35.5 Å². The standard InChI is InChI=1S/C16H17F3N4O4/c1-26-11-4-3-9(14(25)27-2)7-10(11)21-13-8-12(16(17,18)19)22-15(23-13)20-5-6-24/h3-4,7-8,24H,5-6H2,1-2H3,(H2,20,21,22,23). The van der Waals surface area contributed by atoms with Crippen LogP contribution < -0.4 is 15.4 Å². The summed E-state index contributed by atoms with van der Waals surface area (Å²) in [5, 5.41) is 14.0. The number of methoxy groups -OCH3 is 2. The molecule has 2 aromatic rings. The lowest BCUT2D eigenvalue weighted by Gasteiger charge is -2.15. The van der Waals surface area contributed by atoms with E-state index in [0.717, 1.165) is 0 Å². The van der Waals surface area contributed by atoms with E-state index in [0.29, 0.717) is 6.07 Å². The van der Waals surface area contributed by atoms with Crippen LogP contribution in [-0.4, -0.2) is 48.4 Å². The fourth-order valence-electron chi connectivity index (χ4n) is 2.09. The predicted octanol–water partition coefficient (Wildman–Crippen LogP) is 2.44. The number of aromatic nitrogens is 2. The van der Waals surface area contributed by atoms with E-state index in [4.69, 9.17) is 9.84 Å². The predicted molar refractivity (Wildman–Crippen MR) is 90.2 cm³/mol. The highest BCUT2D eigenvalue weighted by molar-refractivity contribution is 5.91. The number of carbonyl (C=O) groups is 1. The summed E-state index contributed by atoms with van der Waals surface area (Å²) in [4.78, 5) is 19.0. The van der Waals surface area contributed by atoms with Crippen molar-refractivity contribution in [1.29, 1.82) is 0 Å². The van der Waals surface area contributed by atoms with E-state index >= 15 is 0 Å². The summed E-state index contributed by atoms with van der Waals surface area (Å²) in [6.07, 6.45) is -4.70. The number of ether oxygens (including phenoxy) is 2. The molecule has 0 atom stereocenters. The summed E-state index contributed by atoms with van der Waals surface area (Å²) in [7, 11) is 2.58. The minimum Gasteiger partial charge on any atom is -0.495 e. The summed E-state index contributed by atoms with van der Waals surface area (Å²) in [6.45, 7) is -0.334. The van der Waals surface area contributed by atoms with Crippen molar-refractivity contribution in [2.45, 2.75) is 6.18 Å². The summed E-state index contributed by atoms with van der Waals surface area (Å²) < 4.78 is 49.0. The molecule has 0 aliphatic heterocycles.